The maximum Gasteiger partial charge on any atom is 0.300 e. The molecular weight excluding hydrogens is 474 g/mol. The molecule has 0 fully saturated rings. The van der Waals surface area contributed by atoms with Gasteiger partial charge in [-0.05, 0) is 54.8 Å². The Balaban J connectivity index is 0.00000142. The summed E-state index contributed by atoms with van der Waals surface area (Å²) in [5.74, 6) is -0.791. The molecule has 8 nitrogen and oxygen atoms in total. The number of nitrogens with one attached hydrogen (secondary N) is 1. The van der Waals surface area contributed by atoms with Gasteiger partial charge in [0.1, 0.15) is 5.75 Å². The summed E-state index contributed by atoms with van der Waals surface area (Å²) in [5, 5.41) is 40.4. The van der Waals surface area contributed by atoms with Crippen molar-refractivity contribution in [2.75, 3.05) is 32.9 Å². The van der Waals surface area contributed by atoms with E-state index in [0.29, 0.717) is 37.5 Å². The number of hydrogen-bond donors (Lipinski definition) is 5. The van der Waals surface area contributed by atoms with Crippen LogP contribution in [0.15, 0.2) is 42.5 Å². The average molecular weight is 512 g/mol. The van der Waals surface area contributed by atoms with Gasteiger partial charge in [0.2, 0.25) is 0 Å². The maximum absolute atomic E-state index is 10.2. The highest BCUT2D eigenvalue weighted by molar-refractivity contribution is 6.30. The highest BCUT2D eigenvalue weighted by Crippen LogP contribution is 2.22. The summed E-state index contributed by atoms with van der Waals surface area (Å²) in [4.78, 5) is 9.00. The lowest BCUT2D eigenvalue weighted by Gasteiger charge is -2.14. The molecule has 0 aromatic heterocycles. The van der Waals surface area contributed by atoms with Gasteiger partial charge in [-0.25, -0.2) is 0 Å². The van der Waals surface area contributed by atoms with Gasteiger partial charge < -0.3 is 35.2 Å². The standard InChI is InChI=1S/C24H34ClNO5.C2H4O2/c25-22-8-5-19(6-9-22)18-31-14-13-30-12-4-2-1-3-11-26-16-24(29)20-7-10-23(28)21(15-20)17-27;1-2(3)4/h5-10,15,24,26-29H,1-4,11-14,16-18H2;1H3,(H,3,4)/t24-;/m0./s1. The van der Waals surface area contributed by atoms with E-state index in [0.717, 1.165) is 56.3 Å². The predicted octanol–water partition coefficient (Wildman–Crippen LogP) is 4.05. The summed E-state index contributed by atoms with van der Waals surface area (Å²) in [6.07, 6.45) is 3.61. The number of aliphatic hydroxyl groups is 2. The molecule has 2 aromatic carbocycles. The van der Waals surface area contributed by atoms with Crippen LogP contribution in [0.3, 0.4) is 0 Å². The number of carbonyl (C=O) groups is 1. The largest absolute Gasteiger partial charge is 0.508 e. The fraction of sp³-hybridized carbons (Fsp3) is 0.500. The fourth-order valence-corrected chi connectivity index (χ4v) is 3.22. The van der Waals surface area contributed by atoms with Crippen LogP contribution in [0.25, 0.3) is 0 Å². The minimum absolute atomic E-state index is 0.0425. The molecule has 196 valence electrons. The number of benzene rings is 2. The van der Waals surface area contributed by atoms with E-state index in [1.807, 2.05) is 24.3 Å². The SMILES string of the molecule is CC(=O)O.OCc1cc([C@@H](O)CNCCCCCCOCCOCc2ccc(Cl)cc2)ccc1O. The van der Waals surface area contributed by atoms with Gasteiger partial charge in [-0.3, -0.25) is 4.79 Å². The molecule has 0 bridgehead atoms. The van der Waals surface area contributed by atoms with Crippen molar-refractivity contribution < 1.29 is 34.7 Å². The summed E-state index contributed by atoms with van der Waals surface area (Å²) in [6.45, 7) is 4.59. The number of carboxylic acids is 1. The van der Waals surface area contributed by atoms with Crippen LogP contribution in [0.2, 0.25) is 5.02 Å². The van der Waals surface area contributed by atoms with Gasteiger partial charge in [-0.15, -0.1) is 0 Å². The molecule has 9 heteroatoms. The number of rotatable bonds is 16. The second-order valence-electron chi connectivity index (χ2n) is 7.99. The fourth-order valence-electron chi connectivity index (χ4n) is 3.09. The second-order valence-corrected chi connectivity index (χ2v) is 8.43. The molecular formula is C26H38ClNO7. The molecule has 2 aromatic rings. The van der Waals surface area contributed by atoms with Gasteiger partial charge >= 0.3 is 0 Å². The molecule has 0 saturated carbocycles. The van der Waals surface area contributed by atoms with Gasteiger partial charge in [-0.1, -0.05) is 42.6 Å². The molecule has 35 heavy (non-hydrogen) atoms. The van der Waals surface area contributed by atoms with Crippen LogP contribution in [0.1, 0.15) is 55.4 Å². The monoisotopic (exact) mass is 511 g/mol. The van der Waals surface area contributed by atoms with E-state index in [9.17, 15) is 15.3 Å². The molecule has 0 spiro atoms. The van der Waals surface area contributed by atoms with E-state index in [1.54, 1.807) is 12.1 Å². The van der Waals surface area contributed by atoms with Gasteiger partial charge in [0.05, 0.1) is 32.5 Å². The Morgan fingerprint density at radius 3 is 2.34 bits per heavy atom. The molecule has 0 aliphatic rings. The van der Waals surface area contributed by atoms with Crippen molar-refractivity contribution in [3.63, 3.8) is 0 Å². The lowest BCUT2D eigenvalue weighted by Crippen LogP contribution is -2.22. The van der Waals surface area contributed by atoms with E-state index in [1.165, 1.54) is 6.07 Å². The minimum Gasteiger partial charge on any atom is -0.508 e. The van der Waals surface area contributed by atoms with Crippen LogP contribution >= 0.6 is 11.6 Å². The third kappa shape index (κ3) is 15.4. The normalized spacial score (nSPS) is 11.5. The minimum atomic E-state index is -0.833. The van der Waals surface area contributed by atoms with Crippen molar-refractivity contribution in [3.05, 3.63) is 64.2 Å². The van der Waals surface area contributed by atoms with E-state index >= 15 is 0 Å². The summed E-state index contributed by atoms with van der Waals surface area (Å²) < 4.78 is 11.2. The quantitative estimate of drug-likeness (QED) is 0.213. The zero-order valence-electron chi connectivity index (χ0n) is 20.3. The Morgan fingerprint density at radius 2 is 1.66 bits per heavy atom. The van der Waals surface area contributed by atoms with Crippen LogP contribution < -0.4 is 5.32 Å². The number of carboxylic acid groups (broad SMARTS) is 1. The lowest BCUT2D eigenvalue weighted by molar-refractivity contribution is -0.134. The molecule has 0 aliphatic carbocycles. The van der Waals surface area contributed by atoms with Crippen molar-refractivity contribution in [2.24, 2.45) is 0 Å². The Kier molecular flexibility index (Phi) is 16.8. The van der Waals surface area contributed by atoms with E-state index in [4.69, 9.17) is 31.0 Å². The first-order valence-corrected chi connectivity index (χ1v) is 12.1. The Morgan fingerprint density at radius 1 is 1.00 bits per heavy atom. The molecule has 0 radical (unpaired) electrons. The second kappa shape index (κ2) is 19.0. The lowest BCUT2D eigenvalue weighted by atomic mass is 10.1. The molecule has 0 amide bonds. The topological polar surface area (TPSA) is 128 Å². The summed E-state index contributed by atoms with van der Waals surface area (Å²) >= 11 is 5.85. The van der Waals surface area contributed by atoms with Crippen LogP contribution in [0.4, 0.5) is 0 Å². The molecule has 0 aliphatic heterocycles. The third-order valence-corrected chi connectivity index (χ3v) is 5.19. The van der Waals surface area contributed by atoms with Crippen molar-refractivity contribution in [1.82, 2.24) is 5.32 Å². The van der Waals surface area contributed by atoms with E-state index in [2.05, 4.69) is 5.32 Å². The first-order valence-electron chi connectivity index (χ1n) is 11.7. The van der Waals surface area contributed by atoms with Gasteiger partial charge in [0.25, 0.3) is 5.97 Å². The molecule has 2 rings (SSSR count). The summed E-state index contributed by atoms with van der Waals surface area (Å²) in [6, 6.07) is 12.4. The summed E-state index contributed by atoms with van der Waals surface area (Å²) in [7, 11) is 0. The van der Waals surface area contributed by atoms with Gasteiger partial charge in [0, 0.05) is 30.7 Å². The number of unbranched alkanes of at least 4 members (excludes halogenated alkanes) is 3. The maximum atomic E-state index is 10.2. The van der Waals surface area contributed by atoms with Gasteiger partial charge in [0.15, 0.2) is 0 Å². The number of phenols is 1. The molecule has 0 unspecified atom stereocenters. The molecule has 0 heterocycles. The first-order chi connectivity index (χ1) is 16.8. The first kappa shape index (κ1) is 30.8. The molecule has 0 saturated heterocycles. The number of halogens is 1. The van der Waals surface area contributed by atoms with E-state index < -0.39 is 12.1 Å². The van der Waals surface area contributed by atoms with Crippen LogP contribution in [0, 0.1) is 0 Å². The Hall–Kier alpha value is -2.20. The number of aliphatic carboxylic acids is 1. The van der Waals surface area contributed by atoms with Crippen LogP contribution in [-0.2, 0) is 27.5 Å². The predicted molar refractivity (Wildman–Crippen MR) is 136 cm³/mol. The van der Waals surface area contributed by atoms with Crippen molar-refractivity contribution in [3.8, 4) is 5.75 Å². The van der Waals surface area contributed by atoms with Crippen LogP contribution in [0.5, 0.6) is 5.75 Å². The van der Waals surface area contributed by atoms with Crippen molar-refractivity contribution in [2.45, 2.75) is 51.9 Å². The van der Waals surface area contributed by atoms with Crippen molar-refractivity contribution in [1.29, 1.82) is 0 Å². The van der Waals surface area contributed by atoms with Gasteiger partial charge in [-0.2, -0.15) is 0 Å². The zero-order valence-corrected chi connectivity index (χ0v) is 21.0. The van der Waals surface area contributed by atoms with Crippen LogP contribution in [-0.4, -0.2) is 59.3 Å². The average Bonchev–Trinajstić information content (AvgIpc) is 2.83. The van der Waals surface area contributed by atoms with E-state index in [-0.39, 0.29) is 12.4 Å². The zero-order chi connectivity index (χ0) is 25.9. The highest BCUT2D eigenvalue weighted by Gasteiger charge is 2.09. The number of ether oxygens (including phenoxy) is 2. The Bertz CT molecular complexity index is 829. The number of aliphatic hydroxyl groups excluding tert-OH is 2. The Labute approximate surface area is 212 Å². The third-order valence-electron chi connectivity index (χ3n) is 4.94. The highest BCUT2D eigenvalue weighted by atomic mass is 35.5. The smallest absolute Gasteiger partial charge is 0.300 e. The molecule has 1 atom stereocenters. The summed E-state index contributed by atoms with van der Waals surface area (Å²) in [5.41, 5.74) is 2.21. The van der Waals surface area contributed by atoms with Crippen molar-refractivity contribution >= 4 is 17.6 Å². The number of aromatic hydroxyl groups is 1. The number of hydrogen-bond acceptors (Lipinski definition) is 7. The molecule has 5 N–H and O–H groups in total.